The minimum atomic E-state index is -0.211. The molecule has 0 unspecified atom stereocenters. The van der Waals surface area contributed by atoms with E-state index < -0.39 is 0 Å². The predicted molar refractivity (Wildman–Crippen MR) is 75.2 cm³/mol. The predicted octanol–water partition coefficient (Wildman–Crippen LogP) is 1.87. The van der Waals surface area contributed by atoms with E-state index in [1.54, 1.807) is 13.1 Å². The lowest BCUT2D eigenvalue weighted by Crippen LogP contribution is -2.22. The van der Waals surface area contributed by atoms with Crippen LogP contribution in [0.2, 0.25) is 0 Å². The summed E-state index contributed by atoms with van der Waals surface area (Å²) in [7, 11) is 5.55. The zero-order valence-electron chi connectivity index (χ0n) is 10.5. The zero-order chi connectivity index (χ0) is 13.3. The van der Waals surface area contributed by atoms with Gasteiger partial charge in [0.15, 0.2) is 5.76 Å². The molecular formula is C13H14N2O2S. The summed E-state index contributed by atoms with van der Waals surface area (Å²) < 4.78 is 5.23. The first-order valence-corrected chi connectivity index (χ1v) is 5.89. The van der Waals surface area contributed by atoms with E-state index in [4.69, 9.17) is 17.0 Å². The fourth-order valence-electron chi connectivity index (χ4n) is 1.57. The summed E-state index contributed by atoms with van der Waals surface area (Å²) in [4.78, 5) is 15.1. The number of amides is 1. The molecule has 0 saturated carbocycles. The first-order chi connectivity index (χ1) is 8.49. The topological polar surface area (TPSA) is 32.8 Å². The number of nitrogens with zero attached hydrogens (tertiary/aromatic N) is 2. The minimum absolute atomic E-state index is 0.191. The normalized spacial score (nSPS) is 17.3. The van der Waals surface area contributed by atoms with Crippen molar-refractivity contribution in [1.82, 2.24) is 4.90 Å². The molecule has 5 heteroatoms. The van der Waals surface area contributed by atoms with Gasteiger partial charge in [-0.2, -0.15) is 0 Å². The fourth-order valence-corrected chi connectivity index (χ4v) is 1.74. The number of thiocarbonyl (C=S) groups is 1. The molecule has 1 heterocycles. The Balaban J connectivity index is 2.24. The lowest BCUT2D eigenvalue weighted by molar-refractivity contribution is -0.122. The van der Waals surface area contributed by atoms with Gasteiger partial charge in [0.25, 0.3) is 11.1 Å². The van der Waals surface area contributed by atoms with Crippen molar-refractivity contribution in [2.45, 2.75) is 0 Å². The molecule has 1 aliphatic heterocycles. The lowest BCUT2D eigenvalue weighted by Gasteiger charge is -2.11. The van der Waals surface area contributed by atoms with Crippen molar-refractivity contribution in [3.8, 4) is 0 Å². The number of carbonyl (C=O) groups excluding carboxylic acids is 1. The number of likely N-dealkylation sites (N-methyl/N-ethyl adjacent to an activating group) is 1. The van der Waals surface area contributed by atoms with Gasteiger partial charge >= 0.3 is 0 Å². The molecule has 1 saturated heterocycles. The standard InChI is InChI=1S/C13H14N2O2S/c1-14(2)10-6-4-9(5-7-10)8-11-12(16)15(3)13(18)17-11/h4-8H,1-3H3/b11-8-. The molecule has 2 rings (SSSR count). The molecule has 0 aromatic heterocycles. The van der Waals surface area contributed by atoms with Crippen molar-refractivity contribution in [3.63, 3.8) is 0 Å². The van der Waals surface area contributed by atoms with Gasteiger partial charge in [0.2, 0.25) is 0 Å². The van der Waals surface area contributed by atoms with Crippen LogP contribution >= 0.6 is 12.2 Å². The fraction of sp³-hybridized carbons (Fsp3) is 0.231. The Morgan fingerprint density at radius 1 is 1.28 bits per heavy atom. The second kappa shape index (κ2) is 4.78. The van der Waals surface area contributed by atoms with Crippen molar-refractivity contribution in [2.24, 2.45) is 0 Å². The summed E-state index contributed by atoms with van der Waals surface area (Å²) in [6.45, 7) is 0. The van der Waals surface area contributed by atoms with E-state index in [2.05, 4.69) is 0 Å². The first-order valence-electron chi connectivity index (χ1n) is 5.48. The van der Waals surface area contributed by atoms with Crippen LogP contribution in [-0.2, 0) is 9.53 Å². The molecule has 0 atom stereocenters. The molecule has 1 aromatic carbocycles. The van der Waals surface area contributed by atoms with Gasteiger partial charge in [0.1, 0.15) is 0 Å². The van der Waals surface area contributed by atoms with Crippen LogP contribution in [-0.4, -0.2) is 37.1 Å². The molecule has 1 fully saturated rings. The SMILES string of the molecule is CN1C(=O)/C(=C/c2ccc(N(C)C)cc2)OC1=S. The highest BCUT2D eigenvalue weighted by Gasteiger charge is 2.29. The minimum Gasteiger partial charge on any atom is -0.426 e. The van der Waals surface area contributed by atoms with Crippen molar-refractivity contribution in [2.75, 3.05) is 26.0 Å². The van der Waals surface area contributed by atoms with E-state index in [1.165, 1.54) is 4.90 Å². The largest absolute Gasteiger partial charge is 0.426 e. The lowest BCUT2D eigenvalue weighted by atomic mass is 10.2. The van der Waals surface area contributed by atoms with Crippen LogP contribution < -0.4 is 4.90 Å². The number of rotatable bonds is 2. The summed E-state index contributed by atoms with van der Waals surface area (Å²) in [6.07, 6.45) is 1.69. The number of anilines is 1. The van der Waals surface area contributed by atoms with E-state index in [0.29, 0.717) is 0 Å². The third-order valence-electron chi connectivity index (χ3n) is 2.69. The van der Waals surface area contributed by atoms with Gasteiger partial charge in [-0.1, -0.05) is 12.1 Å². The number of benzene rings is 1. The first kappa shape index (κ1) is 12.6. The number of hydrogen-bond acceptors (Lipinski definition) is 4. The maximum absolute atomic E-state index is 11.7. The summed E-state index contributed by atoms with van der Waals surface area (Å²) in [5.41, 5.74) is 2.01. The molecule has 1 amide bonds. The molecule has 0 spiro atoms. The maximum Gasteiger partial charge on any atom is 0.296 e. The average molecular weight is 262 g/mol. The number of hydrogen-bond donors (Lipinski definition) is 0. The highest BCUT2D eigenvalue weighted by Crippen LogP contribution is 2.20. The Hall–Kier alpha value is -1.88. The van der Waals surface area contributed by atoms with Crippen LogP contribution in [0.25, 0.3) is 6.08 Å². The highest BCUT2D eigenvalue weighted by molar-refractivity contribution is 7.80. The van der Waals surface area contributed by atoms with Crippen LogP contribution in [0, 0.1) is 0 Å². The van der Waals surface area contributed by atoms with E-state index in [0.717, 1.165) is 11.3 Å². The van der Waals surface area contributed by atoms with Gasteiger partial charge in [-0.15, -0.1) is 0 Å². The van der Waals surface area contributed by atoms with Crippen molar-refractivity contribution < 1.29 is 9.53 Å². The van der Waals surface area contributed by atoms with Gasteiger partial charge in [-0.05, 0) is 36.0 Å². The van der Waals surface area contributed by atoms with Crippen LogP contribution in [0.3, 0.4) is 0 Å². The molecular weight excluding hydrogens is 248 g/mol. The summed E-state index contributed by atoms with van der Waals surface area (Å²) in [5.74, 6) is 0.0526. The average Bonchev–Trinajstić information content (AvgIpc) is 2.58. The van der Waals surface area contributed by atoms with Crippen molar-refractivity contribution in [1.29, 1.82) is 0 Å². The Morgan fingerprint density at radius 3 is 2.33 bits per heavy atom. The van der Waals surface area contributed by atoms with Gasteiger partial charge < -0.3 is 9.64 Å². The molecule has 0 radical (unpaired) electrons. The van der Waals surface area contributed by atoms with Gasteiger partial charge in [0.05, 0.1) is 0 Å². The molecule has 1 aromatic rings. The molecule has 1 aliphatic rings. The van der Waals surface area contributed by atoms with E-state index in [-0.39, 0.29) is 16.8 Å². The van der Waals surface area contributed by atoms with Crippen molar-refractivity contribution in [3.05, 3.63) is 35.6 Å². The second-order valence-corrected chi connectivity index (χ2v) is 4.58. The van der Waals surface area contributed by atoms with E-state index in [1.807, 2.05) is 43.3 Å². The molecule has 0 N–H and O–H groups in total. The maximum atomic E-state index is 11.7. The van der Waals surface area contributed by atoms with Gasteiger partial charge in [-0.3, -0.25) is 9.69 Å². The molecule has 18 heavy (non-hydrogen) atoms. The number of carbonyl (C=O) groups is 1. The number of ether oxygens (including phenoxy) is 1. The second-order valence-electron chi connectivity index (χ2n) is 4.23. The Kier molecular flexibility index (Phi) is 3.34. The third-order valence-corrected chi connectivity index (χ3v) is 3.05. The van der Waals surface area contributed by atoms with Crippen LogP contribution in [0.1, 0.15) is 5.56 Å². The zero-order valence-corrected chi connectivity index (χ0v) is 11.3. The molecule has 4 nitrogen and oxygen atoms in total. The highest BCUT2D eigenvalue weighted by atomic mass is 32.1. The summed E-state index contributed by atoms with van der Waals surface area (Å²) in [6, 6.07) is 7.82. The van der Waals surface area contributed by atoms with Crippen LogP contribution in [0.5, 0.6) is 0 Å². The quantitative estimate of drug-likeness (QED) is 0.601. The summed E-state index contributed by atoms with van der Waals surface area (Å²) >= 11 is 4.90. The summed E-state index contributed by atoms with van der Waals surface area (Å²) in [5, 5.41) is 0.191. The van der Waals surface area contributed by atoms with Crippen molar-refractivity contribution >= 4 is 35.1 Å². The third kappa shape index (κ3) is 2.36. The van der Waals surface area contributed by atoms with Crippen LogP contribution in [0.15, 0.2) is 30.0 Å². The molecule has 0 bridgehead atoms. The van der Waals surface area contributed by atoms with Crippen LogP contribution in [0.4, 0.5) is 5.69 Å². The molecule has 0 aliphatic carbocycles. The molecule has 94 valence electrons. The Morgan fingerprint density at radius 2 is 1.89 bits per heavy atom. The Labute approximate surface area is 111 Å². The van der Waals surface area contributed by atoms with Gasteiger partial charge in [-0.25, -0.2) is 0 Å². The Bertz CT molecular complexity index is 520. The van der Waals surface area contributed by atoms with E-state index >= 15 is 0 Å². The smallest absolute Gasteiger partial charge is 0.296 e. The van der Waals surface area contributed by atoms with E-state index in [9.17, 15) is 4.79 Å². The monoisotopic (exact) mass is 262 g/mol. The van der Waals surface area contributed by atoms with Gasteiger partial charge in [0, 0.05) is 26.8 Å².